The highest BCUT2D eigenvalue weighted by Crippen LogP contribution is 2.24. The molecule has 1 aliphatic carbocycles. The van der Waals surface area contributed by atoms with Crippen LogP contribution in [-0.2, 0) is 4.79 Å². The molecule has 1 amide bonds. The van der Waals surface area contributed by atoms with Crippen molar-refractivity contribution < 1.29 is 4.79 Å². The second-order valence-corrected chi connectivity index (χ2v) is 5.38. The Bertz CT molecular complexity index is 502. The summed E-state index contributed by atoms with van der Waals surface area (Å²) in [4.78, 5) is 11.8. The average Bonchev–Trinajstić information content (AvgIpc) is 2.91. The number of anilines is 1. The van der Waals surface area contributed by atoms with E-state index in [-0.39, 0.29) is 12.5 Å². The predicted molar refractivity (Wildman–Crippen MR) is 83.2 cm³/mol. The van der Waals surface area contributed by atoms with Crippen molar-refractivity contribution in [3.8, 4) is 0 Å². The minimum absolute atomic E-state index is 0.154. The maximum Gasteiger partial charge on any atom is 0.259 e. The molecule has 0 saturated heterocycles. The van der Waals surface area contributed by atoms with E-state index in [0.29, 0.717) is 10.9 Å². The Balaban J connectivity index is 1.81. The minimum atomic E-state index is -0.154. The van der Waals surface area contributed by atoms with Crippen LogP contribution in [0.5, 0.6) is 0 Å². The van der Waals surface area contributed by atoms with Gasteiger partial charge in [-0.3, -0.25) is 4.79 Å². The first-order valence-corrected chi connectivity index (χ1v) is 7.42. The first kappa shape index (κ1) is 14.9. The van der Waals surface area contributed by atoms with Crippen molar-refractivity contribution in [2.75, 3.05) is 11.9 Å². The molecule has 0 radical (unpaired) electrons. The van der Waals surface area contributed by atoms with Crippen LogP contribution in [0.25, 0.3) is 0 Å². The number of hydrogen-bond donors (Lipinski definition) is 2. The number of hydrogen-bond acceptors (Lipinski definition) is 3. The molecule has 2 N–H and O–H groups in total. The second kappa shape index (κ2) is 7.29. The van der Waals surface area contributed by atoms with Gasteiger partial charge in [-0.25, -0.2) is 5.43 Å². The fourth-order valence-electron chi connectivity index (χ4n) is 2.44. The van der Waals surface area contributed by atoms with Crippen molar-refractivity contribution in [2.24, 2.45) is 11.0 Å². The van der Waals surface area contributed by atoms with E-state index >= 15 is 0 Å². The van der Waals surface area contributed by atoms with Crippen LogP contribution < -0.4 is 10.7 Å². The Morgan fingerprint density at radius 1 is 1.45 bits per heavy atom. The molecule has 5 heteroatoms. The molecular weight excluding hydrogens is 274 g/mol. The molecule has 4 nitrogen and oxygen atoms in total. The van der Waals surface area contributed by atoms with Gasteiger partial charge in [0.15, 0.2) is 0 Å². The summed E-state index contributed by atoms with van der Waals surface area (Å²) < 4.78 is 0. The van der Waals surface area contributed by atoms with Crippen molar-refractivity contribution in [1.29, 1.82) is 0 Å². The van der Waals surface area contributed by atoms with Crippen LogP contribution in [0.3, 0.4) is 0 Å². The van der Waals surface area contributed by atoms with Crippen LogP contribution in [0, 0.1) is 5.92 Å². The van der Waals surface area contributed by atoms with Gasteiger partial charge in [0.05, 0.1) is 17.3 Å². The van der Waals surface area contributed by atoms with Gasteiger partial charge in [0.2, 0.25) is 0 Å². The van der Waals surface area contributed by atoms with Gasteiger partial charge in [-0.15, -0.1) is 0 Å². The Morgan fingerprint density at radius 2 is 2.25 bits per heavy atom. The van der Waals surface area contributed by atoms with Gasteiger partial charge < -0.3 is 5.32 Å². The van der Waals surface area contributed by atoms with Crippen LogP contribution in [0.2, 0.25) is 5.02 Å². The topological polar surface area (TPSA) is 53.5 Å². The maximum absolute atomic E-state index is 11.8. The van der Waals surface area contributed by atoms with Crippen molar-refractivity contribution >= 4 is 28.9 Å². The molecule has 0 aromatic heterocycles. The lowest BCUT2D eigenvalue weighted by molar-refractivity contribution is -0.119. The summed E-state index contributed by atoms with van der Waals surface area (Å²) in [6.07, 6.45) is 4.44. The van der Waals surface area contributed by atoms with Crippen molar-refractivity contribution in [3.05, 3.63) is 29.3 Å². The lowest BCUT2D eigenvalue weighted by atomic mass is 10.0. The summed E-state index contributed by atoms with van der Waals surface area (Å²) in [5.41, 5.74) is 4.50. The maximum atomic E-state index is 11.8. The molecule has 20 heavy (non-hydrogen) atoms. The van der Waals surface area contributed by atoms with E-state index in [1.165, 1.54) is 12.8 Å². The first-order valence-electron chi connectivity index (χ1n) is 7.04. The molecule has 108 valence electrons. The SMILES string of the molecule is CCC1CCC/C1=N\NC(=O)CNc1ccccc1Cl. The number of nitrogens with zero attached hydrogens (tertiary/aromatic N) is 1. The highest BCUT2D eigenvalue weighted by atomic mass is 35.5. The van der Waals surface area contributed by atoms with Crippen molar-refractivity contribution in [2.45, 2.75) is 32.6 Å². The molecule has 0 heterocycles. The third kappa shape index (κ3) is 3.97. The molecule has 0 aliphatic heterocycles. The molecule has 1 unspecified atom stereocenters. The van der Waals surface area contributed by atoms with E-state index in [2.05, 4.69) is 22.8 Å². The molecule has 2 rings (SSSR count). The van der Waals surface area contributed by atoms with Gasteiger partial charge in [0, 0.05) is 5.71 Å². The van der Waals surface area contributed by atoms with Gasteiger partial charge in [0.1, 0.15) is 0 Å². The Labute approximate surface area is 124 Å². The van der Waals surface area contributed by atoms with Gasteiger partial charge in [-0.05, 0) is 43.7 Å². The fraction of sp³-hybridized carbons (Fsp3) is 0.467. The number of nitrogens with one attached hydrogen (secondary N) is 2. The number of carbonyl (C=O) groups is 1. The van der Waals surface area contributed by atoms with Gasteiger partial charge in [-0.2, -0.15) is 5.10 Å². The zero-order valence-electron chi connectivity index (χ0n) is 11.7. The van der Waals surface area contributed by atoms with Crippen LogP contribution in [-0.4, -0.2) is 18.2 Å². The summed E-state index contributed by atoms with van der Waals surface area (Å²) in [6, 6.07) is 7.35. The Morgan fingerprint density at radius 3 is 3.00 bits per heavy atom. The molecule has 0 spiro atoms. The minimum Gasteiger partial charge on any atom is -0.375 e. The second-order valence-electron chi connectivity index (χ2n) is 4.97. The Kier molecular flexibility index (Phi) is 5.41. The number of rotatable bonds is 5. The van der Waals surface area contributed by atoms with E-state index in [4.69, 9.17) is 11.6 Å². The number of carbonyl (C=O) groups excluding carboxylic acids is 1. The third-order valence-corrected chi connectivity index (χ3v) is 3.92. The van der Waals surface area contributed by atoms with E-state index in [9.17, 15) is 4.79 Å². The zero-order valence-corrected chi connectivity index (χ0v) is 12.4. The molecule has 1 aromatic rings. The number of amides is 1. The number of hydrazone groups is 1. The van der Waals surface area contributed by atoms with E-state index in [1.54, 1.807) is 6.07 Å². The quantitative estimate of drug-likeness (QED) is 0.817. The lowest BCUT2D eigenvalue weighted by Gasteiger charge is -2.09. The normalized spacial score (nSPS) is 20.1. The fourth-order valence-corrected chi connectivity index (χ4v) is 2.64. The van der Waals surface area contributed by atoms with E-state index in [1.807, 2.05) is 18.2 Å². The molecule has 1 aliphatic rings. The first-order chi connectivity index (χ1) is 9.70. The summed E-state index contributed by atoms with van der Waals surface area (Å²) in [7, 11) is 0. The average molecular weight is 294 g/mol. The summed E-state index contributed by atoms with van der Waals surface area (Å²) >= 11 is 6.00. The third-order valence-electron chi connectivity index (χ3n) is 3.59. The van der Waals surface area contributed by atoms with E-state index < -0.39 is 0 Å². The Hall–Kier alpha value is -1.55. The molecule has 1 fully saturated rings. The van der Waals surface area contributed by atoms with Crippen molar-refractivity contribution in [3.63, 3.8) is 0 Å². The lowest BCUT2D eigenvalue weighted by Crippen LogP contribution is -2.27. The van der Waals surface area contributed by atoms with E-state index in [0.717, 1.165) is 24.2 Å². The summed E-state index contributed by atoms with van der Waals surface area (Å²) in [5, 5.41) is 7.86. The summed E-state index contributed by atoms with van der Waals surface area (Å²) in [6.45, 7) is 2.32. The van der Waals surface area contributed by atoms with Crippen LogP contribution in [0.1, 0.15) is 32.6 Å². The van der Waals surface area contributed by atoms with Crippen LogP contribution in [0.15, 0.2) is 29.4 Å². The smallest absolute Gasteiger partial charge is 0.259 e. The largest absolute Gasteiger partial charge is 0.375 e. The van der Waals surface area contributed by atoms with Gasteiger partial charge >= 0.3 is 0 Å². The predicted octanol–water partition coefficient (Wildman–Crippen LogP) is 3.43. The van der Waals surface area contributed by atoms with Crippen LogP contribution in [0.4, 0.5) is 5.69 Å². The monoisotopic (exact) mass is 293 g/mol. The van der Waals surface area contributed by atoms with Gasteiger partial charge in [0.25, 0.3) is 5.91 Å². The molecule has 1 atom stereocenters. The number of para-hydroxylation sites is 1. The number of halogens is 1. The van der Waals surface area contributed by atoms with Gasteiger partial charge in [-0.1, -0.05) is 30.7 Å². The number of benzene rings is 1. The zero-order chi connectivity index (χ0) is 14.4. The molecule has 0 bridgehead atoms. The highest BCUT2D eigenvalue weighted by molar-refractivity contribution is 6.33. The highest BCUT2D eigenvalue weighted by Gasteiger charge is 2.20. The standard InChI is InChI=1S/C15H20ClN3O/c1-2-11-6-5-9-13(11)18-19-15(20)10-17-14-8-4-3-7-12(14)16/h3-4,7-8,11,17H,2,5-6,9-10H2,1H3,(H,19,20)/b18-13+. The molecule has 1 aromatic carbocycles. The van der Waals surface area contributed by atoms with Crippen LogP contribution >= 0.6 is 11.6 Å². The summed E-state index contributed by atoms with van der Waals surface area (Å²) in [5.74, 6) is 0.381. The molecule has 1 saturated carbocycles. The van der Waals surface area contributed by atoms with Crippen molar-refractivity contribution in [1.82, 2.24) is 5.43 Å². The molecular formula is C15H20ClN3O.